The fourth-order valence-electron chi connectivity index (χ4n) is 4.84. The Labute approximate surface area is 197 Å². The van der Waals surface area contributed by atoms with Crippen LogP contribution in [0.1, 0.15) is 49.2 Å². The van der Waals surface area contributed by atoms with Gasteiger partial charge in [0.15, 0.2) is 5.82 Å². The lowest BCUT2D eigenvalue weighted by Crippen LogP contribution is -2.30. The van der Waals surface area contributed by atoms with E-state index in [1.807, 2.05) is 13.0 Å². The summed E-state index contributed by atoms with van der Waals surface area (Å²) in [6.07, 6.45) is 1.98. The van der Waals surface area contributed by atoms with Gasteiger partial charge in [0.1, 0.15) is 17.3 Å². The third-order valence-corrected chi connectivity index (χ3v) is 6.51. The molecular formula is C26H28F2N6. The zero-order valence-electron chi connectivity index (χ0n) is 19.8. The molecule has 34 heavy (non-hydrogen) atoms. The fraction of sp³-hybridized carbons (Fsp3) is 0.346. The van der Waals surface area contributed by atoms with Crippen LogP contribution in [0.25, 0.3) is 22.2 Å². The van der Waals surface area contributed by atoms with Crippen molar-refractivity contribution < 1.29 is 8.78 Å². The lowest BCUT2D eigenvalue weighted by atomic mass is 9.98. The van der Waals surface area contributed by atoms with E-state index in [4.69, 9.17) is 4.98 Å². The van der Waals surface area contributed by atoms with E-state index in [1.54, 1.807) is 6.07 Å². The first kappa shape index (κ1) is 22.4. The summed E-state index contributed by atoms with van der Waals surface area (Å²) in [6.45, 7) is 11.1. The summed E-state index contributed by atoms with van der Waals surface area (Å²) in [5.74, 6) is -0.0421. The zero-order chi connectivity index (χ0) is 24.0. The van der Waals surface area contributed by atoms with Crippen LogP contribution in [0.15, 0.2) is 30.5 Å². The van der Waals surface area contributed by atoms with Gasteiger partial charge in [-0.05, 0) is 48.7 Å². The number of pyridine rings is 1. The topological polar surface area (TPSA) is 69.7 Å². The van der Waals surface area contributed by atoms with E-state index in [2.05, 4.69) is 52.0 Å². The number of benzene rings is 1. The van der Waals surface area contributed by atoms with Gasteiger partial charge in [-0.25, -0.2) is 23.7 Å². The van der Waals surface area contributed by atoms with Gasteiger partial charge in [0, 0.05) is 41.8 Å². The number of hydrogen-bond donors (Lipinski definition) is 2. The number of aromatic nitrogens is 4. The van der Waals surface area contributed by atoms with Crippen LogP contribution in [0, 0.1) is 18.6 Å². The molecule has 0 amide bonds. The largest absolute Gasteiger partial charge is 0.356 e. The molecule has 8 heteroatoms. The number of anilines is 2. The third-order valence-electron chi connectivity index (χ3n) is 6.51. The summed E-state index contributed by atoms with van der Waals surface area (Å²) >= 11 is 0. The highest BCUT2D eigenvalue weighted by molar-refractivity contribution is 5.89. The molecule has 6 nitrogen and oxygen atoms in total. The Hall–Kier alpha value is -3.39. The van der Waals surface area contributed by atoms with Gasteiger partial charge in [0.2, 0.25) is 5.95 Å². The van der Waals surface area contributed by atoms with Gasteiger partial charge >= 0.3 is 0 Å². The quantitative estimate of drug-likeness (QED) is 0.389. The van der Waals surface area contributed by atoms with E-state index in [9.17, 15) is 8.78 Å². The smallest absolute Gasteiger partial charge is 0.229 e. The van der Waals surface area contributed by atoms with Gasteiger partial charge in [0.05, 0.1) is 11.7 Å². The van der Waals surface area contributed by atoms with Crippen LogP contribution in [-0.4, -0.2) is 37.9 Å². The summed E-state index contributed by atoms with van der Waals surface area (Å²) in [7, 11) is 0. The van der Waals surface area contributed by atoms with Crippen LogP contribution < -0.4 is 5.32 Å². The molecule has 0 fully saturated rings. The molecule has 0 bridgehead atoms. The molecule has 0 saturated heterocycles. The standard InChI is InChI=1S/C26H28F2N6/c1-5-34-9-8-21-16(13-34)6-7-22(31-21)32-26-29-12-20(28)24(33-26)17-10-18-23(14(2)3)15(4)30-25(18)19(27)11-17/h6-7,10-12,14,30H,5,8-9,13H2,1-4H3,(H,29,31,32,33). The van der Waals surface area contributed by atoms with Crippen molar-refractivity contribution in [1.29, 1.82) is 0 Å². The van der Waals surface area contributed by atoms with Gasteiger partial charge in [0.25, 0.3) is 0 Å². The first-order valence-electron chi connectivity index (χ1n) is 11.7. The molecule has 0 atom stereocenters. The second-order valence-electron chi connectivity index (χ2n) is 9.14. The van der Waals surface area contributed by atoms with Crippen molar-refractivity contribution >= 4 is 22.7 Å². The first-order chi connectivity index (χ1) is 16.3. The van der Waals surface area contributed by atoms with Crippen molar-refractivity contribution in [2.24, 2.45) is 0 Å². The molecule has 1 aromatic carbocycles. The maximum atomic E-state index is 15.0. The van der Waals surface area contributed by atoms with Crippen molar-refractivity contribution in [3.8, 4) is 11.3 Å². The maximum Gasteiger partial charge on any atom is 0.229 e. The van der Waals surface area contributed by atoms with Crippen molar-refractivity contribution in [1.82, 2.24) is 24.8 Å². The Bertz CT molecular complexity index is 1380. The van der Waals surface area contributed by atoms with Crippen LogP contribution in [0.5, 0.6) is 0 Å². The summed E-state index contributed by atoms with van der Waals surface area (Å²) in [5, 5.41) is 3.83. The van der Waals surface area contributed by atoms with Crippen LogP contribution in [0.2, 0.25) is 0 Å². The molecule has 176 valence electrons. The average Bonchev–Trinajstić information content (AvgIpc) is 3.16. The molecular weight excluding hydrogens is 434 g/mol. The second-order valence-corrected chi connectivity index (χ2v) is 9.14. The van der Waals surface area contributed by atoms with Gasteiger partial charge in [-0.2, -0.15) is 0 Å². The number of hydrogen-bond acceptors (Lipinski definition) is 5. The second kappa shape index (κ2) is 8.76. The van der Waals surface area contributed by atoms with Crippen LogP contribution in [0.4, 0.5) is 20.5 Å². The Morgan fingerprint density at radius 2 is 1.97 bits per heavy atom. The summed E-state index contributed by atoms with van der Waals surface area (Å²) < 4.78 is 29.7. The minimum absolute atomic E-state index is 0.0448. The van der Waals surface area contributed by atoms with Gasteiger partial charge < -0.3 is 10.3 Å². The van der Waals surface area contributed by atoms with Crippen molar-refractivity contribution in [2.45, 2.75) is 46.6 Å². The molecule has 0 saturated carbocycles. The molecule has 1 aliphatic rings. The van der Waals surface area contributed by atoms with Gasteiger partial charge in [-0.15, -0.1) is 0 Å². The normalized spacial score (nSPS) is 14.1. The van der Waals surface area contributed by atoms with E-state index in [1.165, 1.54) is 11.6 Å². The molecule has 2 N–H and O–H groups in total. The number of likely N-dealkylation sites (N-methyl/N-ethyl adjacent to an activating group) is 1. The minimum atomic E-state index is -0.610. The Morgan fingerprint density at radius 1 is 1.15 bits per heavy atom. The summed E-state index contributed by atoms with van der Waals surface area (Å²) in [4.78, 5) is 18.7. The molecule has 4 aromatic rings. The van der Waals surface area contributed by atoms with Crippen molar-refractivity contribution in [3.05, 3.63) is 64.6 Å². The van der Waals surface area contributed by atoms with Crippen molar-refractivity contribution in [2.75, 3.05) is 18.4 Å². The zero-order valence-corrected chi connectivity index (χ0v) is 19.8. The van der Waals surface area contributed by atoms with Crippen LogP contribution >= 0.6 is 0 Å². The number of aromatic amines is 1. The highest BCUT2D eigenvalue weighted by Gasteiger charge is 2.20. The number of aryl methyl sites for hydroxylation is 1. The third kappa shape index (κ3) is 4.03. The molecule has 0 radical (unpaired) electrons. The van der Waals surface area contributed by atoms with Crippen molar-refractivity contribution in [3.63, 3.8) is 0 Å². The summed E-state index contributed by atoms with van der Waals surface area (Å²) in [6, 6.07) is 7.05. The monoisotopic (exact) mass is 462 g/mol. The minimum Gasteiger partial charge on any atom is -0.356 e. The van der Waals surface area contributed by atoms with Gasteiger partial charge in [-0.1, -0.05) is 26.8 Å². The molecule has 0 spiro atoms. The number of nitrogens with zero attached hydrogens (tertiary/aromatic N) is 4. The van der Waals surface area contributed by atoms with Crippen LogP contribution in [0.3, 0.4) is 0 Å². The SMILES string of the molecule is CCN1CCc2nc(Nc3ncc(F)c(-c4cc(F)c5[nH]c(C)c(C(C)C)c5c4)n3)ccc2C1. The predicted octanol–water partition coefficient (Wildman–Crippen LogP) is 5.85. The summed E-state index contributed by atoms with van der Waals surface area (Å²) in [5.41, 5.74) is 5.03. The number of fused-ring (bicyclic) bond motifs is 2. The highest BCUT2D eigenvalue weighted by atomic mass is 19.1. The molecule has 4 heterocycles. The maximum absolute atomic E-state index is 15.0. The Balaban J connectivity index is 1.49. The Kier molecular flexibility index (Phi) is 5.77. The van der Waals surface area contributed by atoms with E-state index in [0.717, 1.165) is 54.6 Å². The molecule has 0 aliphatic carbocycles. The number of H-pyrrole nitrogens is 1. The lowest BCUT2D eigenvalue weighted by molar-refractivity contribution is 0.266. The molecule has 5 rings (SSSR count). The van der Waals surface area contributed by atoms with E-state index in [-0.39, 0.29) is 17.6 Å². The average molecular weight is 463 g/mol. The number of rotatable bonds is 5. The Morgan fingerprint density at radius 3 is 2.74 bits per heavy atom. The molecule has 0 unspecified atom stereocenters. The van der Waals surface area contributed by atoms with Gasteiger partial charge in [-0.3, -0.25) is 4.90 Å². The lowest BCUT2D eigenvalue weighted by Gasteiger charge is -2.27. The van der Waals surface area contributed by atoms with E-state index in [0.29, 0.717) is 16.9 Å². The van der Waals surface area contributed by atoms with E-state index >= 15 is 0 Å². The number of halogens is 2. The van der Waals surface area contributed by atoms with E-state index < -0.39 is 11.6 Å². The predicted molar refractivity (Wildman–Crippen MR) is 130 cm³/mol. The number of nitrogens with one attached hydrogen (secondary N) is 2. The molecule has 3 aromatic heterocycles. The van der Waals surface area contributed by atoms with Crippen LogP contribution in [-0.2, 0) is 13.0 Å². The molecule has 1 aliphatic heterocycles. The highest BCUT2D eigenvalue weighted by Crippen LogP contribution is 2.34. The first-order valence-corrected chi connectivity index (χ1v) is 11.7. The fourth-order valence-corrected chi connectivity index (χ4v) is 4.84.